The van der Waals surface area contributed by atoms with Crippen molar-refractivity contribution in [2.45, 2.75) is 12.5 Å². The molecule has 2 heterocycles. The fourth-order valence-electron chi connectivity index (χ4n) is 2.49. The van der Waals surface area contributed by atoms with Gasteiger partial charge in [-0.1, -0.05) is 6.07 Å². The number of anilines is 1. The summed E-state index contributed by atoms with van der Waals surface area (Å²) in [6.45, 7) is 0. The first-order valence-corrected chi connectivity index (χ1v) is 9.55. The van der Waals surface area contributed by atoms with E-state index in [1.54, 1.807) is 0 Å². The van der Waals surface area contributed by atoms with Crippen LogP contribution in [0.1, 0.15) is 4.88 Å². The zero-order chi connectivity index (χ0) is 16.4. The number of hydrogen-bond acceptors (Lipinski definition) is 4. The number of rotatable bonds is 4. The van der Waals surface area contributed by atoms with Crippen LogP contribution < -0.4 is 4.90 Å². The second-order valence-corrected chi connectivity index (χ2v) is 8.19. The Bertz CT molecular complexity index is 827. The quantitative estimate of drug-likeness (QED) is 0.851. The first kappa shape index (κ1) is 15.9. The normalized spacial score (nSPS) is 18.9. The first-order valence-electron chi connectivity index (χ1n) is 6.95. The van der Waals surface area contributed by atoms with E-state index < -0.39 is 21.7 Å². The summed E-state index contributed by atoms with van der Waals surface area (Å²) in [5.74, 6) is -0.777. The highest BCUT2D eigenvalue weighted by Crippen LogP contribution is 2.24. The average Bonchev–Trinajstić information content (AvgIpc) is 3.11. The SMILES string of the molecule is O=C(Cc1cccs1)N(c1ccc(F)cc1)[C@@H]1C=CS(=O)(=O)C1. The summed E-state index contributed by atoms with van der Waals surface area (Å²) in [7, 11) is -3.30. The van der Waals surface area contributed by atoms with Crippen molar-refractivity contribution in [1.82, 2.24) is 0 Å². The van der Waals surface area contributed by atoms with Crippen LogP contribution in [0.3, 0.4) is 0 Å². The van der Waals surface area contributed by atoms with Gasteiger partial charge in [-0.05, 0) is 41.8 Å². The van der Waals surface area contributed by atoms with Gasteiger partial charge in [-0.3, -0.25) is 4.79 Å². The van der Waals surface area contributed by atoms with Gasteiger partial charge in [-0.15, -0.1) is 11.3 Å². The third-order valence-corrected chi connectivity index (χ3v) is 5.78. The van der Waals surface area contributed by atoms with E-state index in [4.69, 9.17) is 0 Å². The topological polar surface area (TPSA) is 54.5 Å². The van der Waals surface area contributed by atoms with Crippen molar-refractivity contribution in [2.24, 2.45) is 0 Å². The van der Waals surface area contributed by atoms with Gasteiger partial charge in [0.25, 0.3) is 0 Å². The van der Waals surface area contributed by atoms with Gasteiger partial charge >= 0.3 is 0 Å². The average molecular weight is 351 g/mol. The summed E-state index contributed by atoms with van der Waals surface area (Å²) >= 11 is 1.46. The second kappa shape index (κ2) is 6.25. The van der Waals surface area contributed by atoms with Gasteiger partial charge in [0, 0.05) is 16.0 Å². The Morgan fingerprint density at radius 3 is 2.57 bits per heavy atom. The van der Waals surface area contributed by atoms with Gasteiger partial charge in [0.1, 0.15) is 5.82 Å². The molecule has 1 aliphatic heterocycles. The number of thiophene rings is 1. The minimum absolute atomic E-state index is 0.152. The molecule has 0 saturated heterocycles. The van der Waals surface area contributed by atoms with Crippen LogP contribution in [0.25, 0.3) is 0 Å². The highest BCUT2D eigenvalue weighted by molar-refractivity contribution is 7.94. The number of sulfone groups is 1. The second-order valence-electron chi connectivity index (χ2n) is 5.22. The molecule has 0 saturated carbocycles. The van der Waals surface area contributed by atoms with Gasteiger partial charge in [-0.2, -0.15) is 0 Å². The Morgan fingerprint density at radius 1 is 1.26 bits per heavy atom. The summed E-state index contributed by atoms with van der Waals surface area (Å²) in [4.78, 5) is 15.0. The fourth-order valence-corrected chi connectivity index (χ4v) is 4.45. The number of nitrogens with zero attached hydrogens (tertiary/aromatic N) is 1. The number of amides is 1. The molecule has 0 spiro atoms. The van der Waals surface area contributed by atoms with Crippen LogP contribution in [-0.4, -0.2) is 26.1 Å². The van der Waals surface area contributed by atoms with Crippen molar-refractivity contribution in [3.8, 4) is 0 Å². The molecule has 0 radical (unpaired) electrons. The summed E-state index contributed by atoms with van der Waals surface area (Å²) in [5.41, 5.74) is 0.486. The Labute approximate surface area is 137 Å². The van der Waals surface area contributed by atoms with Gasteiger partial charge in [0.15, 0.2) is 9.84 Å². The molecule has 1 atom stereocenters. The predicted octanol–water partition coefficient (Wildman–Crippen LogP) is 2.77. The molecule has 0 unspecified atom stereocenters. The van der Waals surface area contributed by atoms with Crippen molar-refractivity contribution in [3.63, 3.8) is 0 Å². The molecule has 0 fully saturated rings. The number of benzene rings is 1. The lowest BCUT2D eigenvalue weighted by Gasteiger charge is -2.27. The third kappa shape index (κ3) is 3.68. The Kier molecular flexibility index (Phi) is 4.32. The molecule has 0 N–H and O–H groups in total. The highest BCUT2D eigenvalue weighted by atomic mass is 32.2. The third-order valence-electron chi connectivity index (χ3n) is 3.52. The van der Waals surface area contributed by atoms with E-state index in [9.17, 15) is 17.6 Å². The molecule has 1 aromatic heterocycles. The van der Waals surface area contributed by atoms with Crippen LogP contribution in [0.15, 0.2) is 53.3 Å². The van der Waals surface area contributed by atoms with E-state index >= 15 is 0 Å². The van der Waals surface area contributed by atoms with E-state index in [-0.39, 0.29) is 18.1 Å². The lowest BCUT2D eigenvalue weighted by Crippen LogP contribution is -2.42. The lowest BCUT2D eigenvalue weighted by atomic mass is 10.2. The zero-order valence-electron chi connectivity index (χ0n) is 12.1. The van der Waals surface area contributed by atoms with Crippen LogP contribution in [0.5, 0.6) is 0 Å². The number of halogens is 1. The standard InChI is InChI=1S/C16H14FNO3S2/c17-12-3-5-13(6-4-12)18(14-7-9-23(20,21)11-14)16(19)10-15-2-1-8-22-15/h1-9,14H,10-11H2/t14-/m1/s1. The largest absolute Gasteiger partial charge is 0.304 e. The first-order chi connectivity index (χ1) is 10.9. The van der Waals surface area contributed by atoms with Crippen LogP contribution in [0, 0.1) is 5.82 Å². The number of hydrogen-bond donors (Lipinski definition) is 0. The summed E-state index contributed by atoms with van der Waals surface area (Å²) in [6.07, 6.45) is 1.68. The van der Waals surface area contributed by atoms with Crippen molar-refractivity contribution in [3.05, 3.63) is 64.0 Å². The molecule has 0 aliphatic carbocycles. The van der Waals surface area contributed by atoms with Crippen molar-refractivity contribution >= 4 is 32.8 Å². The smallest absolute Gasteiger partial charge is 0.232 e. The van der Waals surface area contributed by atoms with E-state index in [1.807, 2.05) is 17.5 Å². The fraction of sp³-hybridized carbons (Fsp3) is 0.188. The molecule has 1 aromatic carbocycles. The summed E-state index contributed by atoms with van der Waals surface area (Å²) in [6, 6.07) is 8.63. The van der Waals surface area contributed by atoms with Crippen molar-refractivity contribution in [1.29, 1.82) is 0 Å². The highest BCUT2D eigenvalue weighted by Gasteiger charge is 2.31. The van der Waals surface area contributed by atoms with Gasteiger partial charge < -0.3 is 4.90 Å². The van der Waals surface area contributed by atoms with E-state index in [1.165, 1.54) is 46.6 Å². The van der Waals surface area contributed by atoms with Gasteiger partial charge in [-0.25, -0.2) is 12.8 Å². The van der Waals surface area contributed by atoms with E-state index in [2.05, 4.69) is 0 Å². The van der Waals surface area contributed by atoms with Crippen molar-refractivity contribution in [2.75, 3.05) is 10.7 Å². The molecule has 1 aliphatic rings. The monoisotopic (exact) mass is 351 g/mol. The molecule has 0 bridgehead atoms. The Morgan fingerprint density at radius 2 is 2.00 bits per heavy atom. The summed E-state index contributed by atoms with van der Waals surface area (Å²) in [5, 5.41) is 3.01. The minimum atomic E-state index is -3.30. The van der Waals surface area contributed by atoms with Gasteiger partial charge in [0.05, 0.1) is 18.2 Å². The number of carbonyl (C=O) groups is 1. The Hall–Kier alpha value is -1.99. The van der Waals surface area contributed by atoms with Crippen molar-refractivity contribution < 1.29 is 17.6 Å². The molecular weight excluding hydrogens is 337 g/mol. The van der Waals surface area contributed by atoms with E-state index in [0.717, 1.165) is 10.3 Å². The molecule has 23 heavy (non-hydrogen) atoms. The number of carbonyl (C=O) groups excluding carboxylic acids is 1. The Balaban J connectivity index is 1.91. The van der Waals surface area contributed by atoms with Crippen LogP contribution >= 0.6 is 11.3 Å². The molecular formula is C16H14FNO3S2. The zero-order valence-corrected chi connectivity index (χ0v) is 13.7. The molecule has 120 valence electrons. The molecule has 1 amide bonds. The molecule has 7 heteroatoms. The maximum atomic E-state index is 13.1. The lowest BCUT2D eigenvalue weighted by molar-refractivity contribution is -0.118. The van der Waals surface area contributed by atoms with Crippen LogP contribution in [-0.2, 0) is 21.1 Å². The maximum absolute atomic E-state index is 13.1. The predicted molar refractivity (Wildman–Crippen MR) is 88.6 cm³/mol. The molecule has 4 nitrogen and oxygen atoms in total. The van der Waals surface area contributed by atoms with Crippen LogP contribution in [0.2, 0.25) is 0 Å². The molecule has 3 rings (SSSR count). The molecule has 2 aromatic rings. The van der Waals surface area contributed by atoms with Crippen LogP contribution in [0.4, 0.5) is 10.1 Å². The maximum Gasteiger partial charge on any atom is 0.232 e. The summed E-state index contributed by atoms with van der Waals surface area (Å²) < 4.78 is 36.5. The minimum Gasteiger partial charge on any atom is -0.304 e. The van der Waals surface area contributed by atoms with Gasteiger partial charge in [0.2, 0.25) is 5.91 Å². The van der Waals surface area contributed by atoms with E-state index in [0.29, 0.717) is 5.69 Å².